The summed E-state index contributed by atoms with van der Waals surface area (Å²) < 4.78 is 12.4. The summed E-state index contributed by atoms with van der Waals surface area (Å²) >= 11 is 0. The first-order valence-electron chi connectivity index (χ1n) is 8.68. The van der Waals surface area contributed by atoms with Crippen LogP contribution in [0.2, 0.25) is 0 Å². The topological polar surface area (TPSA) is 85.3 Å². The average molecular weight is 369 g/mol. The second kappa shape index (κ2) is 7.99. The molecule has 0 atom stereocenters. The molecule has 2 heterocycles. The second-order valence-electron chi connectivity index (χ2n) is 6.37. The van der Waals surface area contributed by atoms with Gasteiger partial charge in [-0.25, -0.2) is 0 Å². The molecule has 27 heavy (non-hydrogen) atoms. The summed E-state index contributed by atoms with van der Waals surface area (Å²) in [6.07, 6.45) is 4.19. The van der Waals surface area contributed by atoms with Gasteiger partial charge < -0.3 is 24.3 Å². The molecule has 0 aliphatic rings. The number of aryl methyl sites for hydroxylation is 2. The van der Waals surface area contributed by atoms with Crippen molar-refractivity contribution in [2.45, 2.75) is 13.3 Å². The van der Waals surface area contributed by atoms with Gasteiger partial charge >= 0.3 is 0 Å². The van der Waals surface area contributed by atoms with Crippen molar-refractivity contribution in [3.8, 4) is 11.5 Å². The van der Waals surface area contributed by atoms with Gasteiger partial charge in [-0.05, 0) is 37.1 Å². The molecule has 0 unspecified atom stereocenters. The number of pyridine rings is 1. The SMILES string of the molecule is COc1ccc2[nH]cc(CCNC(=O)COc3cn(C)c(C)cc3=O)c2c1. The maximum atomic E-state index is 12.0. The maximum absolute atomic E-state index is 12.0. The van der Waals surface area contributed by atoms with Gasteiger partial charge in [-0.3, -0.25) is 9.59 Å². The molecule has 1 amide bonds. The van der Waals surface area contributed by atoms with Crippen molar-refractivity contribution in [1.29, 1.82) is 0 Å². The van der Waals surface area contributed by atoms with Gasteiger partial charge in [0.2, 0.25) is 5.43 Å². The van der Waals surface area contributed by atoms with Crippen LogP contribution in [0.4, 0.5) is 0 Å². The number of aromatic nitrogens is 2. The molecule has 7 heteroatoms. The van der Waals surface area contributed by atoms with E-state index >= 15 is 0 Å². The quantitative estimate of drug-likeness (QED) is 0.666. The maximum Gasteiger partial charge on any atom is 0.257 e. The molecule has 7 nitrogen and oxygen atoms in total. The highest BCUT2D eigenvalue weighted by atomic mass is 16.5. The van der Waals surface area contributed by atoms with Crippen molar-refractivity contribution in [2.75, 3.05) is 20.3 Å². The molecule has 0 fully saturated rings. The number of carbonyl (C=O) groups excluding carboxylic acids is 1. The van der Waals surface area contributed by atoms with Crippen LogP contribution < -0.4 is 20.2 Å². The Labute approximate surface area is 156 Å². The molecule has 3 aromatic rings. The van der Waals surface area contributed by atoms with Gasteiger partial charge in [0.25, 0.3) is 5.91 Å². The Morgan fingerprint density at radius 1 is 1.30 bits per heavy atom. The molecule has 3 rings (SSSR count). The molecule has 2 aromatic heterocycles. The number of carbonyl (C=O) groups is 1. The zero-order chi connectivity index (χ0) is 19.4. The fourth-order valence-electron chi connectivity index (χ4n) is 2.83. The van der Waals surface area contributed by atoms with E-state index in [4.69, 9.17) is 9.47 Å². The third kappa shape index (κ3) is 4.31. The first kappa shape index (κ1) is 18.6. The number of aromatic amines is 1. The number of ether oxygens (including phenoxy) is 2. The summed E-state index contributed by atoms with van der Waals surface area (Å²) in [6, 6.07) is 7.32. The molecule has 0 saturated heterocycles. The van der Waals surface area contributed by atoms with Crippen molar-refractivity contribution in [2.24, 2.45) is 7.05 Å². The number of rotatable bonds is 7. The normalized spacial score (nSPS) is 10.8. The van der Waals surface area contributed by atoms with Crippen LogP contribution in [0.15, 0.2) is 41.5 Å². The predicted molar refractivity (Wildman–Crippen MR) is 103 cm³/mol. The number of nitrogens with zero attached hydrogens (tertiary/aromatic N) is 1. The Kier molecular flexibility index (Phi) is 5.49. The number of benzene rings is 1. The lowest BCUT2D eigenvalue weighted by Gasteiger charge is -2.09. The van der Waals surface area contributed by atoms with Gasteiger partial charge in [0, 0.05) is 48.6 Å². The zero-order valence-electron chi connectivity index (χ0n) is 15.7. The molecule has 2 N–H and O–H groups in total. The van der Waals surface area contributed by atoms with Crippen molar-refractivity contribution < 1.29 is 14.3 Å². The molecule has 0 radical (unpaired) electrons. The number of H-pyrrole nitrogens is 1. The highest BCUT2D eigenvalue weighted by molar-refractivity contribution is 5.84. The Morgan fingerprint density at radius 2 is 2.11 bits per heavy atom. The van der Waals surface area contributed by atoms with Crippen LogP contribution in [0.5, 0.6) is 11.5 Å². The lowest BCUT2D eigenvalue weighted by Crippen LogP contribution is -2.31. The fourth-order valence-corrected chi connectivity index (χ4v) is 2.83. The largest absolute Gasteiger partial charge is 0.497 e. The van der Waals surface area contributed by atoms with E-state index < -0.39 is 0 Å². The Bertz CT molecular complexity index is 1020. The van der Waals surface area contributed by atoms with E-state index in [0.717, 1.165) is 27.9 Å². The van der Waals surface area contributed by atoms with E-state index in [-0.39, 0.29) is 23.7 Å². The van der Waals surface area contributed by atoms with Crippen molar-refractivity contribution >= 4 is 16.8 Å². The van der Waals surface area contributed by atoms with Gasteiger partial charge in [-0.2, -0.15) is 0 Å². The first-order valence-corrected chi connectivity index (χ1v) is 8.68. The van der Waals surface area contributed by atoms with Crippen LogP contribution in [-0.4, -0.2) is 35.7 Å². The van der Waals surface area contributed by atoms with Gasteiger partial charge in [0.15, 0.2) is 12.4 Å². The van der Waals surface area contributed by atoms with E-state index in [1.165, 1.54) is 6.07 Å². The van der Waals surface area contributed by atoms with Crippen LogP contribution in [0.3, 0.4) is 0 Å². The number of nitrogens with one attached hydrogen (secondary N) is 2. The zero-order valence-corrected chi connectivity index (χ0v) is 15.7. The fraction of sp³-hybridized carbons (Fsp3) is 0.300. The van der Waals surface area contributed by atoms with E-state index in [9.17, 15) is 9.59 Å². The minimum Gasteiger partial charge on any atom is -0.497 e. The van der Waals surface area contributed by atoms with Gasteiger partial charge in [-0.15, -0.1) is 0 Å². The molecule has 0 bridgehead atoms. The Hall–Kier alpha value is -3.22. The summed E-state index contributed by atoms with van der Waals surface area (Å²) in [5, 5.41) is 3.88. The van der Waals surface area contributed by atoms with E-state index in [2.05, 4.69) is 10.3 Å². The Morgan fingerprint density at radius 3 is 2.89 bits per heavy atom. The molecule has 0 aliphatic heterocycles. The monoisotopic (exact) mass is 369 g/mol. The van der Waals surface area contributed by atoms with Crippen LogP contribution in [0, 0.1) is 6.92 Å². The van der Waals surface area contributed by atoms with Crippen LogP contribution in [-0.2, 0) is 18.3 Å². The number of methoxy groups -OCH3 is 1. The summed E-state index contributed by atoms with van der Waals surface area (Å²) in [5.41, 5.74) is 2.71. The molecule has 0 spiro atoms. The van der Waals surface area contributed by atoms with Gasteiger partial charge in [0.1, 0.15) is 5.75 Å². The summed E-state index contributed by atoms with van der Waals surface area (Å²) in [4.78, 5) is 27.1. The van der Waals surface area contributed by atoms with Gasteiger partial charge in [0.05, 0.1) is 7.11 Å². The lowest BCUT2D eigenvalue weighted by atomic mass is 10.1. The highest BCUT2D eigenvalue weighted by Gasteiger charge is 2.09. The molecule has 142 valence electrons. The van der Waals surface area contributed by atoms with Gasteiger partial charge in [-0.1, -0.05) is 0 Å². The third-order valence-electron chi connectivity index (χ3n) is 4.50. The van der Waals surface area contributed by atoms with E-state index in [1.807, 2.05) is 38.4 Å². The summed E-state index contributed by atoms with van der Waals surface area (Å²) in [7, 11) is 3.45. The Balaban J connectivity index is 1.53. The lowest BCUT2D eigenvalue weighted by molar-refractivity contribution is -0.123. The molecule has 1 aromatic carbocycles. The average Bonchev–Trinajstić information content (AvgIpc) is 3.05. The van der Waals surface area contributed by atoms with Crippen LogP contribution >= 0.6 is 0 Å². The smallest absolute Gasteiger partial charge is 0.257 e. The third-order valence-corrected chi connectivity index (χ3v) is 4.50. The molecule has 0 saturated carbocycles. The number of amides is 1. The minimum atomic E-state index is -0.268. The number of hydrogen-bond acceptors (Lipinski definition) is 4. The van der Waals surface area contributed by atoms with Crippen LogP contribution in [0.25, 0.3) is 10.9 Å². The molecular formula is C20H23N3O4. The number of fused-ring (bicyclic) bond motifs is 1. The summed E-state index contributed by atoms with van der Waals surface area (Å²) in [5.74, 6) is 0.692. The molecular weight excluding hydrogens is 346 g/mol. The predicted octanol–water partition coefficient (Wildman–Crippen LogP) is 1.92. The van der Waals surface area contributed by atoms with Crippen LogP contribution in [0.1, 0.15) is 11.3 Å². The van der Waals surface area contributed by atoms with Crippen molar-refractivity contribution in [3.63, 3.8) is 0 Å². The minimum absolute atomic E-state index is 0.168. The van der Waals surface area contributed by atoms with E-state index in [1.54, 1.807) is 17.9 Å². The van der Waals surface area contributed by atoms with E-state index in [0.29, 0.717) is 13.0 Å². The summed E-state index contributed by atoms with van der Waals surface area (Å²) in [6.45, 7) is 2.11. The standard InChI is InChI=1S/C20H23N3O4/c1-13-8-18(24)19(11-23(13)2)27-12-20(25)21-7-6-14-10-22-17-5-4-15(26-3)9-16(14)17/h4-5,8-11,22H,6-7,12H2,1-3H3,(H,21,25). The van der Waals surface area contributed by atoms with Crippen molar-refractivity contribution in [1.82, 2.24) is 14.9 Å². The number of hydrogen-bond donors (Lipinski definition) is 2. The first-order chi connectivity index (χ1) is 13.0. The highest BCUT2D eigenvalue weighted by Crippen LogP contribution is 2.23. The molecule has 0 aliphatic carbocycles. The second-order valence-corrected chi connectivity index (χ2v) is 6.37. The van der Waals surface area contributed by atoms with Crippen molar-refractivity contribution in [3.05, 3.63) is 58.1 Å².